The molecule has 0 unspecified atom stereocenters. The van der Waals surface area contributed by atoms with Crippen molar-refractivity contribution in [1.29, 1.82) is 0 Å². The highest BCUT2D eigenvalue weighted by Gasteiger charge is 2.24. The number of carbonyl (C=O) groups excluding carboxylic acids is 2. The minimum absolute atomic E-state index is 0.216. The Morgan fingerprint density at radius 2 is 1.89 bits per heavy atom. The van der Waals surface area contributed by atoms with Crippen LogP contribution in [0, 0.1) is 0 Å². The van der Waals surface area contributed by atoms with E-state index in [2.05, 4.69) is 5.32 Å². The van der Waals surface area contributed by atoms with Crippen molar-refractivity contribution >= 4 is 34.6 Å². The van der Waals surface area contributed by atoms with E-state index in [9.17, 15) is 9.59 Å². The number of para-hydroxylation sites is 1. The number of thioether (sulfide) groups is 1. The minimum Gasteiger partial charge on any atom is -0.450 e. The molecule has 2 aromatic rings. The fourth-order valence-corrected chi connectivity index (χ4v) is 4.85. The van der Waals surface area contributed by atoms with Gasteiger partial charge < -0.3 is 14.5 Å². The number of nitrogens with one attached hydrogen (secondary N) is 1. The highest BCUT2D eigenvalue weighted by molar-refractivity contribution is 7.99. The SMILES string of the molecule is CC(C)(C)NC(=O)COC(=O)c1oc2ccccc2c1CSC1CCCCC1. The molecule has 1 amide bonds. The first-order valence-electron chi connectivity index (χ1n) is 9.93. The van der Waals surface area contributed by atoms with Crippen LogP contribution >= 0.6 is 11.8 Å². The van der Waals surface area contributed by atoms with Gasteiger partial charge in [-0.3, -0.25) is 4.79 Å². The Balaban J connectivity index is 1.72. The van der Waals surface area contributed by atoms with Crippen LogP contribution in [0.3, 0.4) is 0 Å². The number of hydrogen-bond acceptors (Lipinski definition) is 5. The van der Waals surface area contributed by atoms with E-state index in [1.165, 1.54) is 32.1 Å². The summed E-state index contributed by atoms with van der Waals surface area (Å²) in [7, 11) is 0. The number of furan rings is 1. The molecule has 0 aliphatic heterocycles. The van der Waals surface area contributed by atoms with Gasteiger partial charge in [0.05, 0.1) is 0 Å². The van der Waals surface area contributed by atoms with Gasteiger partial charge in [-0.1, -0.05) is 37.5 Å². The normalized spacial score (nSPS) is 15.5. The van der Waals surface area contributed by atoms with Crippen LogP contribution < -0.4 is 5.32 Å². The first-order valence-corrected chi connectivity index (χ1v) is 11.0. The molecule has 1 fully saturated rings. The van der Waals surface area contributed by atoms with Gasteiger partial charge in [-0.05, 0) is 39.7 Å². The molecule has 1 aliphatic rings. The number of rotatable bonds is 6. The Morgan fingerprint density at radius 1 is 1.18 bits per heavy atom. The monoisotopic (exact) mass is 403 g/mol. The fourth-order valence-electron chi connectivity index (χ4n) is 3.49. The van der Waals surface area contributed by atoms with Gasteiger partial charge in [-0.2, -0.15) is 11.8 Å². The maximum Gasteiger partial charge on any atom is 0.375 e. The summed E-state index contributed by atoms with van der Waals surface area (Å²) in [5, 5.41) is 4.35. The Hall–Kier alpha value is -1.95. The van der Waals surface area contributed by atoms with E-state index in [1.54, 1.807) is 0 Å². The number of benzene rings is 1. The lowest BCUT2D eigenvalue weighted by Gasteiger charge is -2.21. The largest absolute Gasteiger partial charge is 0.450 e. The molecule has 3 rings (SSSR count). The maximum atomic E-state index is 12.7. The molecule has 1 saturated carbocycles. The Morgan fingerprint density at radius 3 is 2.61 bits per heavy atom. The molecule has 0 radical (unpaired) electrons. The predicted octanol–water partition coefficient (Wildman–Crippen LogP) is 5.07. The van der Waals surface area contributed by atoms with E-state index in [1.807, 2.05) is 56.8 Å². The second-order valence-electron chi connectivity index (χ2n) is 8.35. The Labute approximate surface area is 170 Å². The molecule has 1 heterocycles. The van der Waals surface area contributed by atoms with Crippen molar-refractivity contribution in [2.24, 2.45) is 0 Å². The summed E-state index contributed by atoms with van der Waals surface area (Å²) in [6.45, 7) is 5.33. The average Bonchev–Trinajstić information content (AvgIpc) is 3.02. The van der Waals surface area contributed by atoms with Crippen molar-refractivity contribution in [1.82, 2.24) is 5.32 Å². The Kier molecular flexibility index (Phi) is 6.70. The number of hydrogen-bond donors (Lipinski definition) is 1. The fraction of sp³-hybridized carbons (Fsp3) is 0.545. The molecule has 28 heavy (non-hydrogen) atoms. The summed E-state index contributed by atoms with van der Waals surface area (Å²) in [5.41, 5.74) is 1.17. The van der Waals surface area contributed by atoms with Gasteiger partial charge in [0.1, 0.15) is 5.58 Å². The molecule has 0 atom stereocenters. The number of amides is 1. The van der Waals surface area contributed by atoms with E-state index in [4.69, 9.17) is 9.15 Å². The van der Waals surface area contributed by atoms with Crippen LogP contribution in [0.15, 0.2) is 28.7 Å². The number of carbonyl (C=O) groups is 2. The summed E-state index contributed by atoms with van der Waals surface area (Å²) >= 11 is 1.89. The van der Waals surface area contributed by atoms with Gasteiger partial charge in [0.15, 0.2) is 6.61 Å². The van der Waals surface area contributed by atoms with E-state index in [0.717, 1.165) is 10.9 Å². The van der Waals surface area contributed by atoms with Gasteiger partial charge in [-0.15, -0.1) is 0 Å². The van der Waals surface area contributed by atoms with Gasteiger partial charge in [0.2, 0.25) is 5.76 Å². The average molecular weight is 404 g/mol. The smallest absolute Gasteiger partial charge is 0.375 e. The lowest BCUT2D eigenvalue weighted by atomic mass is 10.0. The van der Waals surface area contributed by atoms with Crippen LogP contribution in [0.1, 0.15) is 69.0 Å². The number of fused-ring (bicyclic) bond motifs is 1. The van der Waals surface area contributed by atoms with Crippen LogP contribution in [0.5, 0.6) is 0 Å². The highest BCUT2D eigenvalue weighted by atomic mass is 32.2. The standard InChI is InChI=1S/C22H29NO4S/c1-22(2,3)23-19(24)13-26-21(25)20-17(14-28-15-9-5-4-6-10-15)16-11-7-8-12-18(16)27-20/h7-8,11-12,15H,4-6,9-10,13-14H2,1-3H3,(H,23,24). The summed E-state index contributed by atoms with van der Waals surface area (Å²) < 4.78 is 11.1. The molecule has 1 N–H and O–H groups in total. The van der Waals surface area contributed by atoms with Crippen molar-refractivity contribution in [3.63, 3.8) is 0 Å². The van der Waals surface area contributed by atoms with Gasteiger partial charge in [-0.25, -0.2) is 4.79 Å². The topological polar surface area (TPSA) is 68.5 Å². The van der Waals surface area contributed by atoms with E-state index >= 15 is 0 Å². The third-order valence-electron chi connectivity index (χ3n) is 4.75. The maximum absolute atomic E-state index is 12.7. The van der Waals surface area contributed by atoms with Crippen molar-refractivity contribution < 1.29 is 18.7 Å². The molecular weight excluding hydrogens is 374 g/mol. The summed E-state index contributed by atoms with van der Waals surface area (Å²) in [4.78, 5) is 24.6. The molecule has 0 saturated heterocycles. The third kappa shape index (κ3) is 5.53. The number of esters is 1. The lowest BCUT2D eigenvalue weighted by Crippen LogP contribution is -2.42. The molecule has 0 bridgehead atoms. The molecule has 1 aromatic heterocycles. The highest BCUT2D eigenvalue weighted by Crippen LogP contribution is 2.35. The first-order chi connectivity index (χ1) is 13.3. The van der Waals surface area contributed by atoms with Gasteiger partial charge >= 0.3 is 5.97 Å². The van der Waals surface area contributed by atoms with Crippen LogP contribution in [-0.2, 0) is 15.3 Å². The van der Waals surface area contributed by atoms with Crippen LogP contribution in [0.2, 0.25) is 0 Å². The molecule has 5 nitrogen and oxygen atoms in total. The molecule has 6 heteroatoms. The van der Waals surface area contributed by atoms with Gasteiger partial charge in [0, 0.05) is 27.5 Å². The van der Waals surface area contributed by atoms with Gasteiger partial charge in [0.25, 0.3) is 5.91 Å². The second-order valence-corrected chi connectivity index (χ2v) is 9.64. The van der Waals surface area contributed by atoms with Crippen molar-refractivity contribution in [3.8, 4) is 0 Å². The lowest BCUT2D eigenvalue weighted by molar-refractivity contribution is -0.125. The molecule has 1 aromatic carbocycles. The van der Waals surface area contributed by atoms with Crippen LogP contribution in [0.4, 0.5) is 0 Å². The van der Waals surface area contributed by atoms with Crippen molar-refractivity contribution in [3.05, 3.63) is 35.6 Å². The van der Waals surface area contributed by atoms with E-state index in [-0.39, 0.29) is 23.8 Å². The van der Waals surface area contributed by atoms with Crippen LogP contribution in [-0.4, -0.2) is 29.3 Å². The van der Waals surface area contributed by atoms with Crippen LogP contribution in [0.25, 0.3) is 11.0 Å². The quantitative estimate of drug-likeness (QED) is 0.682. The first kappa shape index (κ1) is 20.8. The van der Waals surface area contributed by atoms with Crippen molar-refractivity contribution in [2.45, 2.75) is 69.4 Å². The van der Waals surface area contributed by atoms with E-state index < -0.39 is 5.97 Å². The minimum atomic E-state index is -0.584. The third-order valence-corrected chi connectivity index (χ3v) is 6.15. The van der Waals surface area contributed by atoms with E-state index in [0.29, 0.717) is 16.6 Å². The molecule has 1 aliphatic carbocycles. The number of ether oxygens (including phenoxy) is 1. The molecular formula is C22H29NO4S. The summed E-state index contributed by atoms with van der Waals surface area (Å²) in [6, 6.07) is 7.65. The molecule has 0 spiro atoms. The Bertz CT molecular complexity index is 831. The zero-order valence-corrected chi connectivity index (χ0v) is 17.7. The van der Waals surface area contributed by atoms with Crippen molar-refractivity contribution in [2.75, 3.05) is 6.61 Å². The second kappa shape index (κ2) is 9.03. The summed E-state index contributed by atoms with van der Waals surface area (Å²) in [5.74, 6) is 0.0167. The zero-order valence-electron chi connectivity index (χ0n) is 16.9. The zero-order chi connectivity index (χ0) is 20.1. The predicted molar refractivity (Wildman–Crippen MR) is 113 cm³/mol. The summed E-state index contributed by atoms with van der Waals surface area (Å²) in [6.07, 6.45) is 6.34. The molecule has 152 valence electrons.